The molecule has 128 valence electrons. The Morgan fingerprint density at radius 2 is 1.65 bits per heavy atom. The summed E-state index contributed by atoms with van der Waals surface area (Å²) in [5.74, 6) is 0.144. The van der Waals surface area contributed by atoms with E-state index in [-0.39, 0.29) is 51.4 Å². The van der Waals surface area contributed by atoms with Crippen LogP contribution in [0.2, 0.25) is 0 Å². The molecule has 0 saturated carbocycles. The Hall–Kier alpha value is -1.89. The molecular formula is C17H24O6. The van der Waals surface area contributed by atoms with Crippen molar-refractivity contribution in [2.45, 2.75) is 12.8 Å². The largest absolute Gasteiger partial charge is 0.490 e. The summed E-state index contributed by atoms with van der Waals surface area (Å²) in [4.78, 5) is 11.8. The number of carbonyl (C=O) groups is 1. The van der Waals surface area contributed by atoms with Crippen LogP contribution in [0.15, 0.2) is 42.5 Å². The third-order valence-corrected chi connectivity index (χ3v) is 3.58. The Morgan fingerprint density at radius 3 is 2.22 bits per heavy atom. The summed E-state index contributed by atoms with van der Waals surface area (Å²) >= 11 is 0. The zero-order chi connectivity index (χ0) is 17.1. The molecule has 0 bridgehead atoms. The molecule has 0 aromatic heterocycles. The minimum absolute atomic E-state index is 0.0951. The summed E-state index contributed by atoms with van der Waals surface area (Å²) in [6, 6.07) is 9.18. The van der Waals surface area contributed by atoms with E-state index in [2.05, 4.69) is 6.58 Å². The Morgan fingerprint density at radius 1 is 1.04 bits per heavy atom. The Bertz CT molecular complexity index is 473. The van der Waals surface area contributed by atoms with Crippen molar-refractivity contribution in [3.05, 3.63) is 42.5 Å². The fourth-order valence-corrected chi connectivity index (χ4v) is 1.82. The molecule has 0 aliphatic carbocycles. The standard InChI is InChI=1S/C17H24O6/c1-14(7-8-17(11-18,12-19)13-20)16(21)23-10-9-22-15-5-3-2-4-6-15/h2-6,18-20H,1,7-13H2. The monoisotopic (exact) mass is 324 g/mol. The maximum Gasteiger partial charge on any atom is 0.333 e. The number of carbonyl (C=O) groups excluding carboxylic acids is 1. The second-order valence-electron chi connectivity index (χ2n) is 5.38. The van der Waals surface area contributed by atoms with Crippen LogP contribution in [0.4, 0.5) is 0 Å². The normalized spacial score (nSPS) is 11.1. The van der Waals surface area contributed by atoms with E-state index in [9.17, 15) is 20.1 Å². The molecular weight excluding hydrogens is 300 g/mol. The first-order valence-corrected chi connectivity index (χ1v) is 7.42. The van der Waals surface area contributed by atoms with Gasteiger partial charge in [-0.15, -0.1) is 0 Å². The van der Waals surface area contributed by atoms with Crippen molar-refractivity contribution in [1.29, 1.82) is 0 Å². The summed E-state index contributed by atoms with van der Waals surface area (Å²) in [5.41, 5.74) is -0.788. The van der Waals surface area contributed by atoms with Gasteiger partial charge in [0.25, 0.3) is 0 Å². The van der Waals surface area contributed by atoms with E-state index < -0.39 is 11.4 Å². The molecule has 0 spiro atoms. The number of hydrogen-bond acceptors (Lipinski definition) is 6. The Balaban J connectivity index is 2.27. The maximum absolute atomic E-state index is 11.8. The van der Waals surface area contributed by atoms with E-state index in [0.29, 0.717) is 5.75 Å². The van der Waals surface area contributed by atoms with Gasteiger partial charge in [-0.1, -0.05) is 24.8 Å². The summed E-state index contributed by atoms with van der Waals surface area (Å²) < 4.78 is 10.4. The lowest BCUT2D eigenvalue weighted by molar-refractivity contribution is -0.140. The third kappa shape index (κ3) is 6.40. The van der Waals surface area contributed by atoms with Gasteiger partial charge in [0.2, 0.25) is 0 Å². The van der Waals surface area contributed by atoms with Gasteiger partial charge < -0.3 is 24.8 Å². The number of aliphatic hydroxyl groups is 3. The van der Waals surface area contributed by atoms with Gasteiger partial charge in [0.1, 0.15) is 19.0 Å². The quantitative estimate of drug-likeness (QED) is 0.318. The second-order valence-corrected chi connectivity index (χ2v) is 5.38. The van der Waals surface area contributed by atoms with Crippen LogP contribution < -0.4 is 4.74 Å². The van der Waals surface area contributed by atoms with Crippen molar-refractivity contribution in [3.8, 4) is 5.75 Å². The lowest BCUT2D eigenvalue weighted by atomic mass is 9.84. The average Bonchev–Trinajstić information content (AvgIpc) is 2.61. The molecule has 0 amide bonds. The van der Waals surface area contributed by atoms with Crippen LogP contribution in [0.1, 0.15) is 12.8 Å². The van der Waals surface area contributed by atoms with E-state index in [0.717, 1.165) is 0 Å². The molecule has 1 aromatic carbocycles. The first kappa shape index (κ1) is 19.2. The predicted molar refractivity (Wildman–Crippen MR) is 85.0 cm³/mol. The maximum atomic E-state index is 11.8. The number of para-hydroxylation sites is 1. The van der Waals surface area contributed by atoms with Crippen LogP contribution in [0.25, 0.3) is 0 Å². The Kier molecular flexibility index (Phi) is 8.32. The lowest BCUT2D eigenvalue weighted by Gasteiger charge is -2.27. The number of rotatable bonds is 11. The van der Waals surface area contributed by atoms with Crippen molar-refractivity contribution < 1.29 is 29.6 Å². The smallest absolute Gasteiger partial charge is 0.333 e. The fourth-order valence-electron chi connectivity index (χ4n) is 1.82. The molecule has 1 rings (SSSR count). The molecule has 6 heteroatoms. The summed E-state index contributed by atoms with van der Waals surface area (Å²) in [6.45, 7) is 2.86. The highest BCUT2D eigenvalue weighted by Gasteiger charge is 2.28. The lowest BCUT2D eigenvalue weighted by Crippen LogP contribution is -2.34. The zero-order valence-electron chi connectivity index (χ0n) is 13.1. The van der Waals surface area contributed by atoms with Gasteiger partial charge in [-0.3, -0.25) is 0 Å². The molecule has 3 N–H and O–H groups in total. The van der Waals surface area contributed by atoms with Gasteiger partial charge >= 0.3 is 5.97 Å². The van der Waals surface area contributed by atoms with Gasteiger partial charge in [0.15, 0.2) is 0 Å². The van der Waals surface area contributed by atoms with E-state index in [4.69, 9.17) is 9.47 Å². The van der Waals surface area contributed by atoms with Crippen molar-refractivity contribution in [3.63, 3.8) is 0 Å². The van der Waals surface area contributed by atoms with E-state index in [1.807, 2.05) is 18.2 Å². The van der Waals surface area contributed by atoms with Crippen LogP contribution in [0, 0.1) is 5.41 Å². The molecule has 23 heavy (non-hydrogen) atoms. The van der Waals surface area contributed by atoms with Gasteiger partial charge in [-0.25, -0.2) is 4.79 Å². The van der Waals surface area contributed by atoms with Gasteiger partial charge in [0, 0.05) is 11.0 Å². The first-order valence-electron chi connectivity index (χ1n) is 7.42. The zero-order valence-corrected chi connectivity index (χ0v) is 13.1. The van der Waals surface area contributed by atoms with E-state index >= 15 is 0 Å². The van der Waals surface area contributed by atoms with Crippen molar-refractivity contribution in [2.24, 2.45) is 5.41 Å². The van der Waals surface area contributed by atoms with E-state index in [1.165, 1.54) is 0 Å². The second kappa shape index (κ2) is 9.99. The fraction of sp³-hybridized carbons (Fsp3) is 0.471. The minimum atomic E-state index is -1.01. The van der Waals surface area contributed by atoms with E-state index in [1.54, 1.807) is 12.1 Å². The van der Waals surface area contributed by atoms with Crippen LogP contribution >= 0.6 is 0 Å². The van der Waals surface area contributed by atoms with Gasteiger partial charge in [-0.2, -0.15) is 0 Å². The molecule has 0 unspecified atom stereocenters. The molecule has 0 aliphatic heterocycles. The first-order chi connectivity index (χ1) is 11.1. The SMILES string of the molecule is C=C(CCC(CO)(CO)CO)C(=O)OCCOc1ccccc1. The summed E-state index contributed by atoms with van der Waals surface area (Å²) in [6.07, 6.45) is 0.463. The molecule has 0 fully saturated rings. The van der Waals surface area contributed by atoms with Crippen LogP contribution in [0.5, 0.6) is 5.75 Å². The Labute approximate surface area is 136 Å². The van der Waals surface area contributed by atoms with Crippen molar-refractivity contribution in [1.82, 2.24) is 0 Å². The number of hydrogen-bond donors (Lipinski definition) is 3. The molecule has 6 nitrogen and oxygen atoms in total. The average molecular weight is 324 g/mol. The number of ether oxygens (including phenoxy) is 2. The molecule has 0 atom stereocenters. The van der Waals surface area contributed by atoms with Crippen molar-refractivity contribution in [2.75, 3.05) is 33.0 Å². The third-order valence-electron chi connectivity index (χ3n) is 3.58. The summed E-state index contributed by atoms with van der Waals surface area (Å²) in [5, 5.41) is 27.7. The van der Waals surface area contributed by atoms with Crippen LogP contribution in [0.3, 0.4) is 0 Å². The van der Waals surface area contributed by atoms with Gasteiger partial charge in [0.05, 0.1) is 19.8 Å². The topological polar surface area (TPSA) is 96.2 Å². The van der Waals surface area contributed by atoms with Crippen molar-refractivity contribution >= 4 is 5.97 Å². The highest BCUT2D eigenvalue weighted by atomic mass is 16.6. The molecule has 0 heterocycles. The molecule has 0 aliphatic rings. The number of esters is 1. The minimum Gasteiger partial charge on any atom is -0.490 e. The highest BCUT2D eigenvalue weighted by molar-refractivity contribution is 5.87. The summed E-state index contributed by atoms with van der Waals surface area (Å²) in [7, 11) is 0. The highest BCUT2D eigenvalue weighted by Crippen LogP contribution is 2.24. The van der Waals surface area contributed by atoms with Crippen LogP contribution in [-0.4, -0.2) is 54.3 Å². The number of aliphatic hydroxyl groups excluding tert-OH is 3. The molecule has 0 radical (unpaired) electrons. The predicted octanol–water partition coefficient (Wildman–Crippen LogP) is 0.908. The van der Waals surface area contributed by atoms with Crippen LogP contribution in [-0.2, 0) is 9.53 Å². The number of benzene rings is 1. The molecule has 1 aromatic rings. The molecule has 0 saturated heterocycles. The van der Waals surface area contributed by atoms with Gasteiger partial charge in [-0.05, 0) is 25.0 Å².